The van der Waals surface area contributed by atoms with Crippen LogP contribution < -0.4 is 5.32 Å². The molecule has 2 rings (SSSR count). The summed E-state index contributed by atoms with van der Waals surface area (Å²) in [4.78, 5) is 0. The van der Waals surface area contributed by atoms with Crippen molar-refractivity contribution in [1.29, 1.82) is 0 Å². The van der Waals surface area contributed by atoms with Crippen molar-refractivity contribution in [3.05, 3.63) is 18.0 Å². The normalized spacial score (nSPS) is 25.4. The van der Waals surface area contributed by atoms with Gasteiger partial charge >= 0.3 is 0 Å². The van der Waals surface area contributed by atoms with Gasteiger partial charge in [-0.2, -0.15) is 5.10 Å². The average molecular weight is 224 g/mol. The lowest BCUT2D eigenvalue weighted by Gasteiger charge is -2.30. The molecule has 2 heterocycles. The molecule has 1 aliphatic heterocycles. The molecule has 1 saturated heterocycles. The van der Waals surface area contributed by atoms with Crippen molar-refractivity contribution >= 4 is 12.4 Å². The Kier molecular flexibility index (Phi) is 3.44. The third kappa shape index (κ3) is 2.04. The minimum absolute atomic E-state index is 0. The summed E-state index contributed by atoms with van der Waals surface area (Å²) >= 11 is 0. The molecule has 1 aromatic heterocycles. The Morgan fingerprint density at radius 1 is 1.50 bits per heavy atom. The van der Waals surface area contributed by atoms with Crippen LogP contribution in [0.3, 0.4) is 0 Å². The summed E-state index contributed by atoms with van der Waals surface area (Å²) in [6, 6.07) is 1.61. The Bertz CT molecular complexity index is 276. The van der Waals surface area contributed by atoms with Gasteiger partial charge in [0.1, 0.15) is 0 Å². The minimum atomic E-state index is -2.66. The third-order valence-corrected chi connectivity index (χ3v) is 2.38. The number of hydrogen-bond donors (Lipinski definition) is 2. The largest absolute Gasteiger partial charge is 0.311 e. The Morgan fingerprint density at radius 3 is 2.86 bits per heavy atom. The van der Waals surface area contributed by atoms with E-state index < -0.39 is 11.8 Å². The fourth-order valence-electron chi connectivity index (χ4n) is 1.68. The minimum Gasteiger partial charge on any atom is -0.311 e. The molecule has 80 valence electrons. The van der Waals surface area contributed by atoms with Crippen molar-refractivity contribution in [1.82, 2.24) is 15.5 Å². The molecule has 1 fully saturated rings. The standard InChI is InChI=1S/C8H11F2N3.ClH/c9-8(10)5-11-3-1-6(8)7-2-4-12-13-7;/h2,4,6,11H,1,3,5H2,(H,12,13);1H. The number of rotatable bonds is 1. The summed E-state index contributed by atoms with van der Waals surface area (Å²) < 4.78 is 26.6. The van der Waals surface area contributed by atoms with Crippen LogP contribution in [-0.4, -0.2) is 29.2 Å². The first-order valence-corrected chi connectivity index (χ1v) is 4.28. The number of piperidine rings is 1. The molecule has 2 N–H and O–H groups in total. The van der Waals surface area contributed by atoms with Crippen molar-refractivity contribution < 1.29 is 8.78 Å². The lowest BCUT2D eigenvalue weighted by atomic mass is 9.91. The summed E-state index contributed by atoms with van der Waals surface area (Å²) in [6.45, 7) is 0.399. The number of H-pyrrole nitrogens is 1. The summed E-state index contributed by atoms with van der Waals surface area (Å²) in [5, 5.41) is 8.97. The maximum absolute atomic E-state index is 13.3. The van der Waals surface area contributed by atoms with Gasteiger partial charge in [0.2, 0.25) is 0 Å². The SMILES string of the molecule is Cl.FC1(F)CNCCC1c1ccn[nH]1. The molecule has 0 spiro atoms. The molecule has 1 aliphatic rings. The first-order chi connectivity index (χ1) is 6.20. The van der Waals surface area contributed by atoms with Crippen LogP contribution in [0, 0.1) is 0 Å². The average Bonchev–Trinajstić information content (AvgIpc) is 2.55. The van der Waals surface area contributed by atoms with Crippen molar-refractivity contribution in [3.63, 3.8) is 0 Å². The summed E-state index contributed by atoms with van der Waals surface area (Å²) in [5.74, 6) is -3.37. The van der Waals surface area contributed by atoms with Gasteiger partial charge in [-0.15, -0.1) is 12.4 Å². The number of aromatic nitrogens is 2. The van der Waals surface area contributed by atoms with Gasteiger partial charge in [0.05, 0.1) is 12.5 Å². The zero-order valence-electron chi connectivity index (χ0n) is 7.46. The molecule has 0 aromatic carbocycles. The first kappa shape index (κ1) is 11.4. The molecule has 0 radical (unpaired) electrons. The Balaban J connectivity index is 0.000000980. The highest BCUT2D eigenvalue weighted by Crippen LogP contribution is 2.36. The predicted molar refractivity (Wildman–Crippen MR) is 51.0 cm³/mol. The van der Waals surface area contributed by atoms with Crippen LogP contribution in [0.1, 0.15) is 18.0 Å². The predicted octanol–water partition coefficient (Wildman–Crippen LogP) is 1.54. The van der Waals surface area contributed by atoms with Crippen LogP contribution in [-0.2, 0) is 0 Å². The van der Waals surface area contributed by atoms with Gasteiger partial charge in [-0.25, -0.2) is 8.78 Å². The van der Waals surface area contributed by atoms with E-state index in [0.29, 0.717) is 18.7 Å². The molecule has 0 bridgehead atoms. The highest BCUT2D eigenvalue weighted by molar-refractivity contribution is 5.85. The molecule has 6 heteroatoms. The fraction of sp³-hybridized carbons (Fsp3) is 0.625. The van der Waals surface area contributed by atoms with Crippen molar-refractivity contribution in [2.75, 3.05) is 13.1 Å². The Morgan fingerprint density at radius 2 is 2.29 bits per heavy atom. The van der Waals surface area contributed by atoms with E-state index in [1.165, 1.54) is 6.20 Å². The topological polar surface area (TPSA) is 40.7 Å². The quantitative estimate of drug-likeness (QED) is 0.759. The van der Waals surface area contributed by atoms with Crippen molar-refractivity contribution in [3.8, 4) is 0 Å². The van der Waals surface area contributed by atoms with Gasteiger partial charge in [0.25, 0.3) is 5.92 Å². The molecule has 0 saturated carbocycles. The highest BCUT2D eigenvalue weighted by Gasteiger charge is 2.42. The second-order valence-corrected chi connectivity index (χ2v) is 3.29. The van der Waals surface area contributed by atoms with Gasteiger partial charge in [0, 0.05) is 11.9 Å². The van der Waals surface area contributed by atoms with Crippen LogP contribution in [0.15, 0.2) is 12.3 Å². The van der Waals surface area contributed by atoms with Crippen LogP contribution >= 0.6 is 12.4 Å². The number of nitrogens with zero attached hydrogens (tertiary/aromatic N) is 1. The number of aromatic amines is 1. The van der Waals surface area contributed by atoms with E-state index in [1.54, 1.807) is 6.07 Å². The van der Waals surface area contributed by atoms with E-state index in [-0.39, 0.29) is 19.0 Å². The molecule has 1 aromatic rings. The van der Waals surface area contributed by atoms with E-state index in [2.05, 4.69) is 15.5 Å². The number of nitrogens with one attached hydrogen (secondary N) is 2. The Labute approximate surface area is 86.7 Å². The lowest BCUT2D eigenvalue weighted by Crippen LogP contribution is -2.44. The molecule has 14 heavy (non-hydrogen) atoms. The van der Waals surface area contributed by atoms with Crippen LogP contribution in [0.4, 0.5) is 8.78 Å². The van der Waals surface area contributed by atoms with Crippen LogP contribution in [0.2, 0.25) is 0 Å². The van der Waals surface area contributed by atoms with Crippen LogP contribution in [0.5, 0.6) is 0 Å². The number of alkyl halides is 2. The zero-order valence-corrected chi connectivity index (χ0v) is 8.28. The summed E-state index contributed by atoms with van der Waals surface area (Å²) in [5.41, 5.74) is 0.534. The molecule has 1 unspecified atom stereocenters. The molecule has 0 amide bonds. The van der Waals surface area contributed by atoms with E-state index >= 15 is 0 Å². The summed E-state index contributed by atoms with van der Waals surface area (Å²) in [7, 11) is 0. The first-order valence-electron chi connectivity index (χ1n) is 4.28. The Hall–Kier alpha value is -0.680. The lowest BCUT2D eigenvalue weighted by molar-refractivity contribution is -0.0432. The van der Waals surface area contributed by atoms with Gasteiger partial charge < -0.3 is 5.32 Å². The maximum atomic E-state index is 13.3. The number of halogens is 3. The molecular weight excluding hydrogens is 212 g/mol. The van der Waals surface area contributed by atoms with E-state index in [0.717, 1.165) is 0 Å². The third-order valence-electron chi connectivity index (χ3n) is 2.38. The van der Waals surface area contributed by atoms with E-state index in [9.17, 15) is 8.78 Å². The van der Waals surface area contributed by atoms with Gasteiger partial charge in [-0.1, -0.05) is 0 Å². The van der Waals surface area contributed by atoms with Crippen LogP contribution in [0.25, 0.3) is 0 Å². The fourth-order valence-corrected chi connectivity index (χ4v) is 1.68. The summed E-state index contributed by atoms with van der Waals surface area (Å²) in [6.07, 6.45) is 1.96. The van der Waals surface area contributed by atoms with Crippen molar-refractivity contribution in [2.45, 2.75) is 18.3 Å². The molecule has 1 atom stereocenters. The second kappa shape index (κ2) is 4.23. The van der Waals surface area contributed by atoms with E-state index in [4.69, 9.17) is 0 Å². The molecule has 3 nitrogen and oxygen atoms in total. The van der Waals surface area contributed by atoms with Gasteiger partial charge in [0.15, 0.2) is 0 Å². The number of hydrogen-bond acceptors (Lipinski definition) is 2. The van der Waals surface area contributed by atoms with Gasteiger partial charge in [-0.3, -0.25) is 5.10 Å². The molecule has 0 aliphatic carbocycles. The van der Waals surface area contributed by atoms with E-state index in [1.807, 2.05) is 0 Å². The maximum Gasteiger partial charge on any atom is 0.268 e. The van der Waals surface area contributed by atoms with Crippen molar-refractivity contribution in [2.24, 2.45) is 0 Å². The van der Waals surface area contributed by atoms with Gasteiger partial charge in [-0.05, 0) is 19.0 Å². The second-order valence-electron chi connectivity index (χ2n) is 3.29. The molecular formula is C8H12ClF2N3. The highest BCUT2D eigenvalue weighted by atomic mass is 35.5. The zero-order chi connectivity index (χ0) is 9.31. The monoisotopic (exact) mass is 223 g/mol. The smallest absolute Gasteiger partial charge is 0.268 e.